The summed E-state index contributed by atoms with van der Waals surface area (Å²) in [6.07, 6.45) is 8.50. The molecule has 2 nitrogen and oxygen atoms in total. The molecule has 0 aromatic heterocycles. The number of unbranched alkanes of at least 4 members (excludes halogenated alkanes) is 5. The zero-order chi connectivity index (χ0) is 15.4. The molecule has 1 atom stereocenters. The van der Waals surface area contributed by atoms with Crippen molar-refractivity contribution in [1.82, 2.24) is 0 Å². The molecule has 0 saturated heterocycles. The van der Waals surface area contributed by atoms with E-state index in [1.165, 1.54) is 32.1 Å². The van der Waals surface area contributed by atoms with Gasteiger partial charge >= 0.3 is 7.87 Å². The van der Waals surface area contributed by atoms with E-state index in [2.05, 4.69) is 13.8 Å². The van der Waals surface area contributed by atoms with Gasteiger partial charge in [-0.25, -0.2) is 0 Å². The molecule has 1 aromatic rings. The summed E-state index contributed by atoms with van der Waals surface area (Å²) in [4.78, 5) is 0. The molecule has 4 heteroatoms. The van der Waals surface area contributed by atoms with Crippen LogP contribution >= 0.6 is 11.1 Å². The van der Waals surface area contributed by atoms with Gasteiger partial charge in [0.1, 0.15) is 5.75 Å². The molecule has 0 aliphatic carbocycles. The number of halogens is 1. The fourth-order valence-corrected chi connectivity index (χ4v) is 5.06. The Labute approximate surface area is 135 Å². The maximum absolute atomic E-state index is 6.69. The van der Waals surface area contributed by atoms with Crippen molar-refractivity contribution in [1.29, 1.82) is 0 Å². The van der Waals surface area contributed by atoms with Crippen LogP contribution in [0.4, 0.5) is 0 Å². The van der Waals surface area contributed by atoms with Crippen molar-refractivity contribution in [2.45, 2.75) is 64.8 Å². The third-order valence-corrected chi connectivity index (χ3v) is 6.62. The second-order valence-corrected chi connectivity index (χ2v) is 9.48. The highest BCUT2D eigenvalue weighted by Gasteiger charge is 2.37. The van der Waals surface area contributed by atoms with E-state index in [1.807, 2.05) is 30.3 Å². The summed E-state index contributed by atoms with van der Waals surface area (Å²) in [5.41, 5.74) is 0. The molecular formula is C17H29ClO2Si. The lowest BCUT2D eigenvalue weighted by atomic mass is 10.1. The number of rotatable bonds is 12. The highest BCUT2D eigenvalue weighted by Crippen LogP contribution is 2.26. The average molecular weight is 329 g/mol. The van der Waals surface area contributed by atoms with Gasteiger partial charge in [0.25, 0.3) is 0 Å². The molecule has 0 amide bonds. The van der Waals surface area contributed by atoms with E-state index in [4.69, 9.17) is 19.9 Å². The average Bonchev–Trinajstić information content (AvgIpc) is 2.50. The van der Waals surface area contributed by atoms with Crippen LogP contribution in [0.25, 0.3) is 0 Å². The van der Waals surface area contributed by atoms with E-state index >= 15 is 0 Å². The molecular weight excluding hydrogens is 300 g/mol. The van der Waals surface area contributed by atoms with Crippen LogP contribution in [0.1, 0.15) is 58.8 Å². The molecule has 120 valence electrons. The molecule has 0 heterocycles. The lowest BCUT2D eigenvalue weighted by Crippen LogP contribution is -2.39. The zero-order valence-electron chi connectivity index (χ0n) is 13.4. The minimum atomic E-state index is -2.61. The third kappa shape index (κ3) is 8.49. The standard InChI is InChI=1S/C17H29ClO2Si/c1-3-5-6-7-8-12-16-21(18,19-15-4-2)20-17-13-10-9-11-14-17/h9-11,13-14H,3-8,12,15-16H2,1-2H3. The number of hydrogen-bond donors (Lipinski definition) is 0. The molecule has 0 bridgehead atoms. The SMILES string of the molecule is CCCCCCCC[Si](Cl)(OCCC)Oc1ccccc1. The van der Waals surface area contributed by atoms with Crippen molar-refractivity contribution in [2.24, 2.45) is 0 Å². The van der Waals surface area contributed by atoms with Crippen LogP contribution in [0, 0.1) is 0 Å². The summed E-state index contributed by atoms with van der Waals surface area (Å²) in [5.74, 6) is 0.821. The first kappa shape index (κ1) is 18.5. The molecule has 0 aliphatic heterocycles. The topological polar surface area (TPSA) is 18.5 Å². The Morgan fingerprint density at radius 3 is 2.24 bits per heavy atom. The van der Waals surface area contributed by atoms with Gasteiger partial charge in [-0.15, -0.1) is 0 Å². The molecule has 1 rings (SSSR count). The first-order chi connectivity index (χ1) is 10.2. The Kier molecular flexibility index (Phi) is 9.80. The molecule has 1 aromatic carbocycles. The Balaban J connectivity index is 2.41. The van der Waals surface area contributed by atoms with E-state index < -0.39 is 7.87 Å². The lowest BCUT2D eigenvalue weighted by Gasteiger charge is -2.24. The van der Waals surface area contributed by atoms with Crippen molar-refractivity contribution in [3.63, 3.8) is 0 Å². The molecule has 21 heavy (non-hydrogen) atoms. The van der Waals surface area contributed by atoms with Gasteiger partial charge in [0, 0.05) is 12.7 Å². The van der Waals surface area contributed by atoms with Crippen LogP contribution in [0.3, 0.4) is 0 Å². The molecule has 1 unspecified atom stereocenters. The maximum Gasteiger partial charge on any atom is 0.505 e. The van der Waals surface area contributed by atoms with Crippen molar-refractivity contribution in [3.05, 3.63) is 30.3 Å². The predicted molar refractivity (Wildman–Crippen MR) is 93.1 cm³/mol. The second-order valence-electron chi connectivity index (χ2n) is 5.44. The normalized spacial score (nSPS) is 13.9. The van der Waals surface area contributed by atoms with Crippen molar-refractivity contribution in [2.75, 3.05) is 6.61 Å². The molecule has 0 saturated carbocycles. The number of benzene rings is 1. The third-order valence-electron chi connectivity index (χ3n) is 3.36. The summed E-state index contributed by atoms with van der Waals surface area (Å²) in [7, 11) is -2.61. The van der Waals surface area contributed by atoms with Crippen LogP contribution in [0.15, 0.2) is 30.3 Å². The zero-order valence-corrected chi connectivity index (χ0v) is 15.2. The van der Waals surface area contributed by atoms with Crippen molar-refractivity contribution in [3.8, 4) is 5.75 Å². The maximum atomic E-state index is 6.69. The summed E-state index contributed by atoms with van der Waals surface area (Å²) in [6, 6.07) is 10.7. The molecule has 0 aliphatic rings. The van der Waals surface area contributed by atoms with Gasteiger partial charge in [-0.3, -0.25) is 0 Å². The Hall–Kier alpha value is -0.513. The van der Waals surface area contributed by atoms with Gasteiger partial charge in [0.05, 0.1) is 0 Å². The quantitative estimate of drug-likeness (QED) is 0.265. The van der Waals surface area contributed by atoms with E-state index in [0.29, 0.717) is 6.61 Å². The number of para-hydroxylation sites is 1. The summed E-state index contributed by atoms with van der Waals surface area (Å²) < 4.78 is 11.9. The minimum Gasteiger partial charge on any atom is -0.510 e. The van der Waals surface area contributed by atoms with Crippen LogP contribution in [-0.4, -0.2) is 14.5 Å². The molecule has 0 fully saturated rings. The van der Waals surface area contributed by atoms with Crippen molar-refractivity contribution >= 4 is 18.9 Å². The van der Waals surface area contributed by atoms with E-state index in [9.17, 15) is 0 Å². The fraction of sp³-hybridized carbons (Fsp3) is 0.647. The molecule has 0 spiro atoms. The highest BCUT2D eigenvalue weighted by molar-refractivity contribution is 7.13. The lowest BCUT2D eigenvalue weighted by molar-refractivity contribution is 0.254. The monoisotopic (exact) mass is 328 g/mol. The highest BCUT2D eigenvalue weighted by atomic mass is 35.6. The Morgan fingerprint density at radius 1 is 0.905 bits per heavy atom. The van der Waals surface area contributed by atoms with E-state index in [-0.39, 0.29) is 0 Å². The smallest absolute Gasteiger partial charge is 0.505 e. The van der Waals surface area contributed by atoms with E-state index in [1.54, 1.807) is 0 Å². The van der Waals surface area contributed by atoms with Crippen LogP contribution < -0.4 is 4.43 Å². The number of hydrogen-bond acceptors (Lipinski definition) is 2. The van der Waals surface area contributed by atoms with E-state index in [0.717, 1.165) is 24.6 Å². The minimum absolute atomic E-state index is 0.679. The van der Waals surface area contributed by atoms with Crippen LogP contribution in [0.5, 0.6) is 5.75 Å². The van der Waals surface area contributed by atoms with Gasteiger partial charge < -0.3 is 8.85 Å². The van der Waals surface area contributed by atoms with Gasteiger partial charge in [0.2, 0.25) is 0 Å². The first-order valence-electron chi connectivity index (χ1n) is 8.27. The molecule has 0 N–H and O–H groups in total. The van der Waals surface area contributed by atoms with Crippen molar-refractivity contribution < 1.29 is 8.85 Å². The second kappa shape index (κ2) is 11.1. The summed E-state index contributed by atoms with van der Waals surface area (Å²) in [5, 5.41) is 0. The largest absolute Gasteiger partial charge is 0.510 e. The van der Waals surface area contributed by atoms with Gasteiger partial charge in [-0.2, -0.15) is 0 Å². The van der Waals surface area contributed by atoms with Gasteiger partial charge in [-0.05, 0) is 25.0 Å². The summed E-state index contributed by atoms with van der Waals surface area (Å²) in [6.45, 7) is 5.01. The molecule has 0 radical (unpaired) electrons. The van der Waals surface area contributed by atoms with Crippen LogP contribution in [0.2, 0.25) is 6.04 Å². The van der Waals surface area contributed by atoms with Gasteiger partial charge in [0.15, 0.2) is 0 Å². The fourth-order valence-electron chi connectivity index (χ4n) is 2.19. The van der Waals surface area contributed by atoms with Crippen LogP contribution in [-0.2, 0) is 4.43 Å². The summed E-state index contributed by atoms with van der Waals surface area (Å²) >= 11 is 6.69. The Morgan fingerprint density at radius 2 is 1.57 bits per heavy atom. The first-order valence-corrected chi connectivity index (χ1v) is 11.3. The predicted octanol–water partition coefficient (Wildman–Crippen LogP) is 6.03. The van der Waals surface area contributed by atoms with Gasteiger partial charge in [-0.1, -0.05) is 75.2 Å². The Bertz CT molecular complexity index is 361.